The van der Waals surface area contributed by atoms with Crippen LogP contribution in [0, 0.1) is 0 Å². The van der Waals surface area contributed by atoms with Crippen molar-refractivity contribution in [3.8, 4) is 0 Å². The fourth-order valence-electron chi connectivity index (χ4n) is 1.86. The highest BCUT2D eigenvalue weighted by Crippen LogP contribution is 2.27. The summed E-state index contributed by atoms with van der Waals surface area (Å²) in [7, 11) is 1.50. The predicted octanol–water partition coefficient (Wildman–Crippen LogP) is 1.60. The molecule has 1 atom stereocenters. The van der Waals surface area contributed by atoms with Gasteiger partial charge in [-0.25, -0.2) is 4.79 Å². The van der Waals surface area contributed by atoms with Gasteiger partial charge in [0.15, 0.2) is 5.78 Å². The number of ether oxygens (including phenoxy) is 2. The van der Waals surface area contributed by atoms with E-state index in [0.29, 0.717) is 13.0 Å². The third-order valence-corrected chi connectivity index (χ3v) is 2.92. The van der Waals surface area contributed by atoms with Crippen LogP contribution in [-0.4, -0.2) is 48.2 Å². The Morgan fingerprint density at radius 2 is 1.88 bits per heavy atom. The lowest BCUT2D eigenvalue weighted by molar-refractivity contribution is -0.137. The summed E-state index contributed by atoms with van der Waals surface area (Å²) in [4.78, 5) is 24.9. The van der Waals surface area contributed by atoms with Crippen LogP contribution in [0.5, 0.6) is 0 Å². The summed E-state index contributed by atoms with van der Waals surface area (Å²) in [5.74, 6) is -0.0499. The van der Waals surface area contributed by atoms with Gasteiger partial charge in [-0.15, -0.1) is 0 Å². The molecule has 0 spiro atoms. The normalized spacial score (nSPS) is 24.9. The molecule has 1 amide bonds. The van der Waals surface area contributed by atoms with Crippen molar-refractivity contribution in [3.05, 3.63) is 0 Å². The Balaban J connectivity index is 2.67. The van der Waals surface area contributed by atoms with Crippen molar-refractivity contribution in [2.75, 3.05) is 20.2 Å². The molecule has 1 rings (SSSR count). The van der Waals surface area contributed by atoms with E-state index < -0.39 is 17.3 Å². The van der Waals surface area contributed by atoms with Gasteiger partial charge in [-0.3, -0.25) is 4.79 Å². The fraction of sp³-hybridized carbons (Fsp3) is 0.833. The first-order valence-electron chi connectivity index (χ1n) is 5.74. The van der Waals surface area contributed by atoms with E-state index in [1.54, 1.807) is 0 Å². The third-order valence-electron chi connectivity index (χ3n) is 2.92. The highest BCUT2D eigenvalue weighted by molar-refractivity contribution is 5.86. The van der Waals surface area contributed by atoms with Crippen LogP contribution in [0.1, 0.15) is 34.1 Å². The summed E-state index contributed by atoms with van der Waals surface area (Å²) in [6, 6.07) is 0. The van der Waals surface area contributed by atoms with Gasteiger partial charge >= 0.3 is 6.09 Å². The maximum Gasteiger partial charge on any atom is 0.410 e. The first kappa shape index (κ1) is 14.0. The van der Waals surface area contributed by atoms with E-state index in [9.17, 15) is 9.59 Å². The van der Waals surface area contributed by atoms with Crippen molar-refractivity contribution in [2.45, 2.75) is 45.3 Å². The standard InChI is InChI=1S/C12H21NO4/c1-9(14)12(16-5)6-7-13(8-12)10(15)17-11(2,3)4/h6-8H2,1-5H3. The number of methoxy groups -OCH3 is 1. The molecule has 0 radical (unpaired) electrons. The van der Waals surface area contributed by atoms with Crippen LogP contribution in [0.4, 0.5) is 4.79 Å². The van der Waals surface area contributed by atoms with Crippen molar-refractivity contribution >= 4 is 11.9 Å². The van der Waals surface area contributed by atoms with Crippen molar-refractivity contribution in [1.82, 2.24) is 4.90 Å². The third kappa shape index (κ3) is 3.19. The largest absolute Gasteiger partial charge is 0.444 e. The van der Waals surface area contributed by atoms with Crippen LogP contribution in [0.2, 0.25) is 0 Å². The van der Waals surface area contributed by atoms with Gasteiger partial charge in [-0.05, 0) is 27.7 Å². The van der Waals surface area contributed by atoms with Crippen LogP contribution < -0.4 is 0 Å². The number of rotatable bonds is 2. The second-order valence-electron chi connectivity index (χ2n) is 5.41. The van der Waals surface area contributed by atoms with Gasteiger partial charge in [0.05, 0.1) is 6.54 Å². The van der Waals surface area contributed by atoms with E-state index in [4.69, 9.17) is 9.47 Å². The van der Waals surface area contributed by atoms with Crippen LogP contribution in [0.3, 0.4) is 0 Å². The molecule has 1 heterocycles. The Hall–Kier alpha value is -1.10. The maximum absolute atomic E-state index is 11.8. The minimum absolute atomic E-state index is 0.0499. The first-order chi connectivity index (χ1) is 7.70. The van der Waals surface area contributed by atoms with Gasteiger partial charge in [0.1, 0.15) is 11.2 Å². The molecule has 98 valence electrons. The molecule has 1 unspecified atom stereocenters. The number of carbonyl (C=O) groups excluding carboxylic acids is 2. The van der Waals surface area contributed by atoms with Crippen LogP contribution in [0.25, 0.3) is 0 Å². The Morgan fingerprint density at radius 1 is 1.29 bits per heavy atom. The van der Waals surface area contributed by atoms with Crippen molar-refractivity contribution < 1.29 is 19.1 Å². The molecule has 1 fully saturated rings. The lowest BCUT2D eigenvalue weighted by atomic mass is 9.98. The molecule has 0 saturated carbocycles. The highest BCUT2D eigenvalue weighted by atomic mass is 16.6. The number of hydrogen-bond donors (Lipinski definition) is 0. The number of ketones is 1. The van der Waals surface area contributed by atoms with Crippen molar-refractivity contribution in [1.29, 1.82) is 0 Å². The lowest BCUT2D eigenvalue weighted by Crippen LogP contribution is -2.44. The Kier molecular flexibility index (Phi) is 3.81. The molecule has 5 heteroatoms. The number of likely N-dealkylation sites (tertiary alicyclic amines) is 1. The number of nitrogens with zero attached hydrogens (tertiary/aromatic N) is 1. The van der Waals surface area contributed by atoms with Crippen LogP contribution in [-0.2, 0) is 14.3 Å². The van der Waals surface area contributed by atoms with E-state index in [1.807, 2.05) is 20.8 Å². The summed E-state index contributed by atoms with van der Waals surface area (Å²) >= 11 is 0. The van der Waals surface area contributed by atoms with Crippen molar-refractivity contribution in [3.63, 3.8) is 0 Å². The number of amides is 1. The SMILES string of the molecule is COC1(C(C)=O)CCN(C(=O)OC(C)(C)C)C1. The second-order valence-corrected chi connectivity index (χ2v) is 5.41. The molecule has 0 bridgehead atoms. The molecular formula is C12H21NO4. The number of carbonyl (C=O) groups is 2. The number of Topliss-reactive ketones (excluding diaryl/α,β-unsaturated/α-hetero) is 1. The summed E-state index contributed by atoms with van der Waals surface area (Å²) < 4.78 is 10.5. The van der Waals surface area contributed by atoms with E-state index in [2.05, 4.69) is 0 Å². The molecule has 0 aromatic rings. The zero-order valence-corrected chi connectivity index (χ0v) is 11.2. The topological polar surface area (TPSA) is 55.8 Å². The summed E-state index contributed by atoms with van der Waals surface area (Å²) in [6.07, 6.45) is 0.135. The number of hydrogen-bond acceptors (Lipinski definition) is 4. The van der Waals surface area contributed by atoms with E-state index in [1.165, 1.54) is 18.9 Å². The molecule has 0 aromatic heterocycles. The Labute approximate surface area is 102 Å². The smallest absolute Gasteiger partial charge is 0.410 e. The molecule has 1 aliphatic heterocycles. The van der Waals surface area contributed by atoms with Gasteiger partial charge < -0.3 is 14.4 Å². The van der Waals surface area contributed by atoms with E-state index >= 15 is 0 Å². The first-order valence-corrected chi connectivity index (χ1v) is 5.74. The molecule has 1 saturated heterocycles. The maximum atomic E-state index is 11.8. The molecule has 17 heavy (non-hydrogen) atoms. The lowest BCUT2D eigenvalue weighted by Gasteiger charge is -2.27. The van der Waals surface area contributed by atoms with Gasteiger partial charge in [0.2, 0.25) is 0 Å². The summed E-state index contributed by atoms with van der Waals surface area (Å²) in [5, 5.41) is 0. The molecular weight excluding hydrogens is 222 g/mol. The minimum atomic E-state index is -0.850. The second kappa shape index (κ2) is 4.64. The highest BCUT2D eigenvalue weighted by Gasteiger charge is 2.45. The minimum Gasteiger partial charge on any atom is -0.444 e. The van der Waals surface area contributed by atoms with Crippen LogP contribution >= 0.6 is 0 Å². The monoisotopic (exact) mass is 243 g/mol. The molecule has 1 aliphatic rings. The Morgan fingerprint density at radius 3 is 2.24 bits per heavy atom. The Bertz CT molecular complexity index is 321. The molecule has 0 aromatic carbocycles. The van der Waals surface area contributed by atoms with Gasteiger partial charge in [0, 0.05) is 20.1 Å². The molecule has 5 nitrogen and oxygen atoms in total. The zero-order chi connectivity index (χ0) is 13.3. The van der Waals surface area contributed by atoms with E-state index in [-0.39, 0.29) is 12.3 Å². The molecule has 0 aliphatic carbocycles. The average molecular weight is 243 g/mol. The quantitative estimate of drug-likeness (QED) is 0.739. The van der Waals surface area contributed by atoms with Crippen LogP contribution in [0.15, 0.2) is 0 Å². The van der Waals surface area contributed by atoms with Gasteiger partial charge in [0.25, 0.3) is 0 Å². The summed E-state index contributed by atoms with van der Waals surface area (Å²) in [5.41, 5.74) is -1.37. The summed E-state index contributed by atoms with van der Waals surface area (Å²) in [6.45, 7) is 7.69. The predicted molar refractivity (Wildman–Crippen MR) is 62.8 cm³/mol. The molecule has 0 N–H and O–H groups in total. The fourth-order valence-corrected chi connectivity index (χ4v) is 1.86. The zero-order valence-electron chi connectivity index (χ0n) is 11.2. The van der Waals surface area contributed by atoms with Gasteiger partial charge in [-0.1, -0.05) is 0 Å². The van der Waals surface area contributed by atoms with E-state index in [0.717, 1.165) is 0 Å². The van der Waals surface area contributed by atoms with Crippen molar-refractivity contribution in [2.24, 2.45) is 0 Å². The average Bonchev–Trinajstić information content (AvgIpc) is 2.60. The van der Waals surface area contributed by atoms with Gasteiger partial charge in [-0.2, -0.15) is 0 Å².